The number of rotatable bonds is 2. The Morgan fingerprint density at radius 1 is 1.29 bits per heavy atom. The molecule has 1 amide bonds. The van der Waals surface area contributed by atoms with Crippen molar-refractivity contribution >= 4 is 34.1 Å². The zero-order valence-electron chi connectivity index (χ0n) is 14.7. The van der Waals surface area contributed by atoms with Crippen molar-refractivity contribution in [3.05, 3.63) is 58.9 Å². The Morgan fingerprint density at radius 3 is 2.89 bits per heavy atom. The van der Waals surface area contributed by atoms with E-state index >= 15 is 0 Å². The van der Waals surface area contributed by atoms with Crippen molar-refractivity contribution in [2.24, 2.45) is 0 Å². The van der Waals surface area contributed by atoms with E-state index in [1.165, 1.54) is 16.6 Å². The van der Waals surface area contributed by atoms with Crippen LogP contribution in [0.25, 0.3) is 16.6 Å². The van der Waals surface area contributed by atoms with Crippen LogP contribution in [0.15, 0.2) is 41.2 Å². The topological polar surface area (TPSA) is 76.5 Å². The summed E-state index contributed by atoms with van der Waals surface area (Å²) in [6, 6.07) is 6.16. The summed E-state index contributed by atoms with van der Waals surface area (Å²) in [4.78, 5) is 18.8. The van der Waals surface area contributed by atoms with Crippen molar-refractivity contribution < 1.29 is 13.7 Å². The van der Waals surface area contributed by atoms with E-state index in [9.17, 15) is 9.18 Å². The molecule has 9 heteroatoms. The van der Waals surface area contributed by atoms with Crippen molar-refractivity contribution in [1.29, 1.82) is 0 Å². The molecule has 0 spiro atoms. The first-order valence-electron chi connectivity index (χ1n) is 8.95. The molecule has 0 saturated carbocycles. The molecule has 1 fully saturated rings. The van der Waals surface area contributed by atoms with E-state index in [1.807, 2.05) is 0 Å². The molecule has 0 bridgehead atoms. The van der Waals surface area contributed by atoms with Gasteiger partial charge in [0.1, 0.15) is 10.8 Å². The molecule has 0 atom stereocenters. The van der Waals surface area contributed by atoms with Crippen LogP contribution < -0.4 is 0 Å². The fraction of sp³-hybridized carbons (Fsp3) is 0.263. The summed E-state index contributed by atoms with van der Waals surface area (Å²) in [5.41, 5.74) is 1.93. The van der Waals surface area contributed by atoms with Crippen LogP contribution in [-0.4, -0.2) is 43.7 Å². The van der Waals surface area contributed by atoms with Gasteiger partial charge in [0.2, 0.25) is 0 Å². The number of carbonyl (C=O) groups excluding carboxylic acids is 1. The molecule has 1 saturated heterocycles. The zero-order valence-corrected chi connectivity index (χ0v) is 15.4. The Balaban J connectivity index is 1.35. The Kier molecular flexibility index (Phi) is 4.01. The van der Waals surface area contributed by atoms with Crippen LogP contribution in [0, 0.1) is 5.82 Å². The van der Waals surface area contributed by atoms with Gasteiger partial charge < -0.3 is 9.42 Å². The number of piperidine rings is 1. The van der Waals surface area contributed by atoms with E-state index in [1.54, 1.807) is 29.4 Å². The fourth-order valence-corrected chi connectivity index (χ4v) is 3.98. The van der Waals surface area contributed by atoms with Crippen molar-refractivity contribution in [2.45, 2.75) is 18.8 Å². The third-order valence-corrected chi connectivity index (χ3v) is 5.52. The molecule has 1 aliphatic rings. The van der Waals surface area contributed by atoms with Gasteiger partial charge in [-0.3, -0.25) is 4.79 Å². The number of carbonyl (C=O) groups is 1. The Bertz CT molecular complexity index is 1200. The fourth-order valence-electron chi connectivity index (χ4n) is 3.73. The molecule has 7 nitrogen and oxygen atoms in total. The van der Waals surface area contributed by atoms with Gasteiger partial charge in [-0.1, -0.05) is 16.8 Å². The quantitative estimate of drug-likeness (QED) is 0.514. The smallest absolute Gasteiger partial charge is 0.276 e. The average molecular weight is 400 g/mol. The molecule has 4 aromatic rings. The lowest BCUT2D eigenvalue weighted by Gasteiger charge is -2.30. The van der Waals surface area contributed by atoms with Gasteiger partial charge in [-0.25, -0.2) is 13.9 Å². The van der Waals surface area contributed by atoms with Crippen molar-refractivity contribution in [3.63, 3.8) is 0 Å². The summed E-state index contributed by atoms with van der Waals surface area (Å²) in [7, 11) is 0. The molecule has 142 valence electrons. The molecule has 5 rings (SSSR count). The third kappa shape index (κ3) is 2.72. The lowest BCUT2D eigenvalue weighted by Crippen LogP contribution is -2.38. The third-order valence-electron chi connectivity index (χ3n) is 5.17. The van der Waals surface area contributed by atoms with Gasteiger partial charge in [0.25, 0.3) is 5.91 Å². The van der Waals surface area contributed by atoms with Gasteiger partial charge in [0.15, 0.2) is 16.9 Å². The molecule has 0 aliphatic carbocycles. The summed E-state index contributed by atoms with van der Waals surface area (Å²) in [6.07, 6.45) is 4.77. The zero-order chi connectivity index (χ0) is 19.3. The Hall–Kier alpha value is -3.00. The van der Waals surface area contributed by atoms with Crippen LogP contribution in [0.2, 0.25) is 5.02 Å². The van der Waals surface area contributed by atoms with E-state index in [0.717, 1.165) is 23.9 Å². The first kappa shape index (κ1) is 17.1. The molecule has 0 N–H and O–H groups in total. The summed E-state index contributed by atoms with van der Waals surface area (Å²) in [6.45, 7) is 1.10. The van der Waals surface area contributed by atoms with Crippen LogP contribution in [0.3, 0.4) is 0 Å². The number of hydrogen-bond acceptors (Lipinski definition) is 5. The molecular weight excluding hydrogens is 385 g/mol. The van der Waals surface area contributed by atoms with Gasteiger partial charge in [-0.05, 0) is 31.0 Å². The molecule has 28 heavy (non-hydrogen) atoms. The highest BCUT2D eigenvalue weighted by molar-refractivity contribution is 6.36. The van der Waals surface area contributed by atoms with E-state index in [2.05, 4.69) is 15.2 Å². The van der Waals surface area contributed by atoms with Crippen LogP contribution in [0.5, 0.6) is 0 Å². The summed E-state index contributed by atoms with van der Waals surface area (Å²) >= 11 is 6.31. The lowest BCUT2D eigenvalue weighted by molar-refractivity contribution is 0.0705. The molecule has 1 aromatic carbocycles. The van der Waals surface area contributed by atoms with Crippen LogP contribution >= 0.6 is 11.6 Å². The number of nitrogens with zero attached hydrogens (tertiary/aromatic N) is 5. The van der Waals surface area contributed by atoms with E-state index in [-0.39, 0.29) is 28.4 Å². The first-order valence-corrected chi connectivity index (χ1v) is 9.32. The second-order valence-electron chi connectivity index (χ2n) is 6.83. The average Bonchev–Trinajstić information content (AvgIpc) is 3.29. The molecule has 3 aromatic heterocycles. The van der Waals surface area contributed by atoms with Gasteiger partial charge in [-0.15, -0.1) is 0 Å². The Morgan fingerprint density at radius 2 is 2.11 bits per heavy atom. The number of amides is 1. The van der Waals surface area contributed by atoms with Gasteiger partial charge in [0.05, 0.1) is 5.69 Å². The molecule has 4 heterocycles. The van der Waals surface area contributed by atoms with E-state index < -0.39 is 0 Å². The summed E-state index contributed by atoms with van der Waals surface area (Å²) in [5, 5.41) is 9.50. The normalized spacial score (nSPS) is 15.6. The molecule has 0 unspecified atom stereocenters. The minimum atomic E-state index is -0.352. The maximum atomic E-state index is 13.3. The number of aromatic nitrogens is 4. The van der Waals surface area contributed by atoms with Crippen LogP contribution in [0.4, 0.5) is 4.39 Å². The monoisotopic (exact) mass is 399 g/mol. The highest BCUT2D eigenvalue weighted by atomic mass is 35.5. The number of fused-ring (bicyclic) bond motifs is 2. The number of hydrogen-bond donors (Lipinski definition) is 0. The van der Waals surface area contributed by atoms with Gasteiger partial charge in [0, 0.05) is 42.9 Å². The minimum Gasteiger partial charge on any atom is -0.356 e. The summed E-state index contributed by atoms with van der Waals surface area (Å²) < 4.78 is 20.1. The Labute approximate surface area is 163 Å². The minimum absolute atomic E-state index is 0.147. The van der Waals surface area contributed by atoms with Crippen LogP contribution in [-0.2, 0) is 0 Å². The molecular formula is C19H15ClFN5O2. The lowest BCUT2D eigenvalue weighted by atomic mass is 9.91. The maximum Gasteiger partial charge on any atom is 0.276 e. The van der Waals surface area contributed by atoms with E-state index in [4.69, 9.17) is 16.1 Å². The van der Waals surface area contributed by atoms with Gasteiger partial charge in [-0.2, -0.15) is 5.10 Å². The largest absolute Gasteiger partial charge is 0.356 e. The summed E-state index contributed by atoms with van der Waals surface area (Å²) in [5.74, 6) is -0.413. The SMILES string of the molecule is O=C(c1nn2cccnc2c1Cl)N1CCC(c2noc3cc(F)ccc23)CC1. The van der Waals surface area contributed by atoms with E-state index in [0.29, 0.717) is 24.3 Å². The predicted molar refractivity (Wildman–Crippen MR) is 99.8 cm³/mol. The second kappa shape index (κ2) is 6.56. The van der Waals surface area contributed by atoms with Crippen molar-refractivity contribution in [1.82, 2.24) is 24.7 Å². The van der Waals surface area contributed by atoms with Crippen molar-refractivity contribution in [3.8, 4) is 0 Å². The highest BCUT2D eigenvalue weighted by Crippen LogP contribution is 2.33. The van der Waals surface area contributed by atoms with Gasteiger partial charge >= 0.3 is 0 Å². The second-order valence-corrected chi connectivity index (χ2v) is 7.20. The highest BCUT2D eigenvalue weighted by Gasteiger charge is 2.30. The first-order chi connectivity index (χ1) is 13.6. The van der Waals surface area contributed by atoms with Crippen LogP contribution in [0.1, 0.15) is 34.9 Å². The standard InChI is InChI=1S/C19H15ClFN5O2/c20-15-17(23-26-7-1-6-22-18(15)26)19(27)25-8-4-11(5-9-25)16-13-3-2-12(21)10-14(13)28-24-16/h1-3,6-7,10-11H,4-5,8-9H2. The molecule has 1 aliphatic heterocycles. The molecule has 0 radical (unpaired) electrons. The predicted octanol–water partition coefficient (Wildman–Crippen LogP) is 3.68. The number of halogens is 2. The van der Waals surface area contributed by atoms with Crippen molar-refractivity contribution in [2.75, 3.05) is 13.1 Å². The number of benzene rings is 1. The number of likely N-dealkylation sites (tertiary alicyclic amines) is 1. The maximum absolute atomic E-state index is 13.3.